The van der Waals surface area contributed by atoms with Gasteiger partial charge < -0.3 is 24.4 Å². The summed E-state index contributed by atoms with van der Waals surface area (Å²) in [6, 6.07) is 10.3. The summed E-state index contributed by atoms with van der Waals surface area (Å²) in [5.41, 5.74) is 0.860. The van der Waals surface area contributed by atoms with Gasteiger partial charge in [-0.15, -0.1) is 4.72 Å². The van der Waals surface area contributed by atoms with Crippen LogP contribution in [0.1, 0.15) is 30.7 Å². The lowest BCUT2D eigenvalue weighted by Crippen LogP contribution is -2.58. The zero-order chi connectivity index (χ0) is 21.5. The van der Waals surface area contributed by atoms with Gasteiger partial charge in [-0.05, 0) is 37.5 Å². The van der Waals surface area contributed by atoms with Crippen molar-refractivity contribution in [2.24, 2.45) is 0 Å². The first-order valence-electron chi connectivity index (χ1n) is 9.36. The van der Waals surface area contributed by atoms with Crippen molar-refractivity contribution in [2.75, 3.05) is 7.11 Å². The average Bonchev–Trinajstić information content (AvgIpc) is 3.30. The van der Waals surface area contributed by atoms with Gasteiger partial charge in [0.2, 0.25) is 10.0 Å². The number of hydrogen-bond donors (Lipinski definition) is 3. The fourth-order valence-electron chi connectivity index (χ4n) is 3.88. The van der Waals surface area contributed by atoms with Crippen LogP contribution in [0.15, 0.2) is 47.4 Å². The summed E-state index contributed by atoms with van der Waals surface area (Å²) in [5, 5.41) is 20.1. The number of carboxylic acids is 1. The molecule has 1 fully saturated rings. The minimum absolute atomic E-state index is 0.0313. The van der Waals surface area contributed by atoms with Crippen molar-refractivity contribution in [1.29, 1.82) is 0 Å². The monoisotopic (exact) mass is 435 g/mol. The molecule has 30 heavy (non-hydrogen) atoms. The maximum Gasteiger partial charge on any atom is 0.395 e. The molecule has 2 aliphatic rings. The first kappa shape index (κ1) is 20.5. The van der Waals surface area contributed by atoms with Crippen LogP contribution >= 0.6 is 0 Å². The van der Waals surface area contributed by atoms with Gasteiger partial charge in [-0.3, -0.25) is 0 Å². The number of hydrogen-bond acceptors (Lipinski definition) is 7. The van der Waals surface area contributed by atoms with Crippen LogP contribution in [0.25, 0.3) is 0 Å². The molecular weight excluding hydrogens is 414 g/mol. The normalized spacial score (nSPS) is 21.8. The van der Waals surface area contributed by atoms with E-state index in [1.807, 2.05) is 6.07 Å². The molecule has 0 radical (unpaired) electrons. The van der Waals surface area contributed by atoms with E-state index in [1.54, 1.807) is 10.8 Å². The predicted molar refractivity (Wildman–Crippen MR) is 104 cm³/mol. The topological polar surface area (TPSA) is 131 Å². The van der Waals surface area contributed by atoms with Crippen LogP contribution < -0.4 is 18.9 Å². The number of benzene rings is 2. The summed E-state index contributed by atoms with van der Waals surface area (Å²) in [7, 11) is -3.11. The minimum Gasteiger partial charge on any atom is -0.497 e. The number of carboxylic acid groups (broad SMARTS) is 1. The van der Waals surface area contributed by atoms with E-state index in [0.717, 1.165) is 24.8 Å². The van der Waals surface area contributed by atoms with Crippen molar-refractivity contribution < 1.29 is 37.6 Å². The molecule has 0 aromatic heterocycles. The molecule has 4 rings (SSSR count). The van der Waals surface area contributed by atoms with Gasteiger partial charge in [-0.25, -0.2) is 13.2 Å². The molecule has 1 saturated carbocycles. The van der Waals surface area contributed by atoms with Crippen LogP contribution in [-0.4, -0.2) is 43.7 Å². The van der Waals surface area contributed by atoms with Crippen molar-refractivity contribution in [2.45, 2.75) is 42.1 Å². The molecule has 9 nitrogen and oxygen atoms in total. The smallest absolute Gasteiger partial charge is 0.395 e. The van der Waals surface area contributed by atoms with E-state index in [4.69, 9.17) is 14.2 Å². The average molecular weight is 435 g/mol. The minimum atomic E-state index is -4.47. The number of ether oxygens (including phenoxy) is 3. The van der Waals surface area contributed by atoms with E-state index in [1.165, 1.54) is 37.4 Å². The van der Waals surface area contributed by atoms with Crippen LogP contribution in [0, 0.1) is 0 Å². The molecule has 0 spiro atoms. The van der Waals surface area contributed by atoms with Crippen LogP contribution in [-0.2, 0) is 14.8 Å². The molecule has 3 N–H and O–H groups in total. The summed E-state index contributed by atoms with van der Waals surface area (Å²) in [4.78, 5) is 11.5. The van der Waals surface area contributed by atoms with Gasteiger partial charge in [0, 0.05) is 17.5 Å². The van der Waals surface area contributed by atoms with E-state index in [9.17, 15) is 23.4 Å². The number of fused-ring (bicyclic) bond motifs is 3. The number of aliphatic carboxylic acids is 1. The molecule has 0 saturated heterocycles. The van der Waals surface area contributed by atoms with Gasteiger partial charge in [-0.2, -0.15) is 0 Å². The molecule has 1 aliphatic heterocycles. The van der Waals surface area contributed by atoms with E-state index in [-0.39, 0.29) is 28.4 Å². The standard InChI is InChI=1S/C20H21NO8S/c1-27-12-5-2-6-13(11-12)30(25,26)21-20(24,19(22)23)29-17-10-4-8-15-14-7-3-9-16(14)28-18(15)17/h2,4-6,8,10-11,14,16,21,24H,3,7,9H2,1H3,(H,22,23). The lowest BCUT2D eigenvalue weighted by atomic mass is 9.97. The Hall–Kier alpha value is -2.82. The number of carbonyl (C=O) groups is 1. The number of rotatable bonds is 7. The Morgan fingerprint density at radius 1 is 1.23 bits per heavy atom. The maximum atomic E-state index is 12.7. The van der Waals surface area contributed by atoms with Gasteiger partial charge in [0.25, 0.3) is 0 Å². The number of aliphatic hydroxyl groups is 1. The molecule has 160 valence electrons. The summed E-state index contributed by atoms with van der Waals surface area (Å²) < 4.78 is 43.3. The third kappa shape index (κ3) is 3.57. The highest BCUT2D eigenvalue weighted by molar-refractivity contribution is 7.89. The number of methoxy groups -OCH3 is 1. The fourth-order valence-corrected chi connectivity index (χ4v) is 5.02. The van der Waals surface area contributed by atoms with E-state index >= 15 is 0 Å². The molecule has 3 unspecified atom stereocenters. The maximum absolute atomic E-state index is 12.7. The van der Waals surface area contributed by atoms with Crippen molar-refractivity contribution in [1.82, 2.24) is 4.72 Å². The first-order chi connectivity index (χ1) is 14.2. The molecule has 1 heterocycles. The SMILES string of the molecule is COc1cccc(S(=O)(=O)NC(O)(Oc2cccc3c2OC2CCCC32)C(=O)O)c1. The van der Waals surface area contributed by atoms with Crippen LogP contribution in [0.2, 0.25) is 0 Å². The van der Waals surface area contributed by atoms with Crippen molar-refractivity contribution in [3.05, 3.63) is 48.0 Å². The molecule has 1 aliphatic carbocycles. The Labute approximate surface area is 173 Å². The molecular formula is C20H21NO8S. The van der Waals surface area contributed by atoms with Crippen LogP contribution in [0.4, 0.5) is 0 Å². The largest absolute Gasteiger partial charge is 0.497 e. The van der Waals surface area contributed by atoms with Gasteiger partial charge in [-0.1, -0.05) is 18.2 Å². The third-order valence-corrected chi connectivity index (χ3v) is 6.72. The van der Waals surface area contributed by atoms with E-state index in [2.05, 4.69) is 0 Å². The quantitative estimate of drug-likeness (QED) is 0.561. The Balaban J connectivity index is 1.65. The zero-order valence-electron chi connectivity index (χ0n) is 16.1. The Kier molecular flexibility index (Phi) is 5.08. The molecule has 2 aromatic carbocycles. The number of para-hydroxylation sites is 1. The predicted octanol–water partition coefficient (Wildman–Crippen LogP) is 1.81. The van der Waals surface area contributed by atoms with Crippen LogP contribution in [0.5, 0.6) is 17.2 Å². The third-order valence-electron chi connectivity index (χ3n) is 5.30. The van der Waals surface area contributed by atoms with E-state index in [0.29, 0.717) is 5.75 Å². The summed E-state index contributed by atoms with van der Waals surface area (Å²) in [5.74, 6) is -4.48. The molecule has 0 bridgehead atoms. The molecule has 0 amide bonds. The summed E-state index contributed by atoms with van der Waals surface area (Å²) in [6.45, 7) is 0. The first-order valence-corrected chi connectivity index (χ1v) is 10.8. The second-order valence-electron chi connectivity index (χ2n) is 7.20. The second kappa shape index (κ2) is 7.46. The highest BCUT2D eigenvalue weighted by Crippen LogP contribution is 2.51. The van der Waals surface area contributed by atoms with Crippen molar-refractivity contribution >= 4 is 16.0 Å². The molecule has 3 atom stereocenters. The molecule has 10 heteroatoms. The second-order valence-corrected chi connectivity index (χ2v) is 8.89. The van der Waals surface area contributed by atoms with Gasteiger partial charge in [0.05, 0.1) is 12.0 Å². The van der Waals surface area contributed by atoms with Gasteiger partial charge >= 0.3 is 11.9 Å². The summed E-state index contributed by atoms with van der Waals surface area (Å²) in [6.07, 6.45) is 2.80. The Morgan fingerprint density at radius 2 is 2.00 bits per heavy atom. The zero-order valence-corrected chi connectivity index (χ0v) is 16.9. The lowest BCUT2D eigenvalue weighted by molar-refractivity contribution is -0.197. The summed E-state index contributed by atoms with van der Waals surface area (Å²) >= 11 is 0. The highest BCUT2D eigenvalue weighted by Gasteiger charge is 2.46. The Morgan fingerprint density at radius 3 is 2.73 bits per heavy atom. The number of sulfonamides is 1. The van der Waals surface area contributed by atoms with Crippen molar-refractivity contribution in [3.8, 4) is 17.2 Å². The van der Waals surface area contributed by atoms with Crippen molar-refractivity contribution in [3.63, 3.8) is 0 Å². The van der Waals surface area contributed by atoms with Gasteiger partial charge in [0.1, 0.15) is 11.9 Å². The number of nitrogens with one attached hydrogen (secondary N) is 1. The van der Waals surface area contributed by atoms with Crippen LogP contribution in [0.3, 0.4) is 0 Å². The Bertz CT molecular complexity index is 1090. The lowest BCUT2D eigenvalue weighted by Gasteiger charge is -2.26. The highest BCUT2D eigenvalue weighted by atomic mass is 32.2. The fraction of sp³-hybridized carbons (Fsp3) is 0.350. The van der Waals surface area contributed by atoms with Gasteiger partial charge in [0.15, 0.2) is 11.5 Å². The van der Waals surface area contributed by atoms with E-state index < -0.39 is 21.9 Å². The molecule has 2 aromatic rings.